The molecule has 29 heavy (non-hydrogen) atoms. The van der Waals surface area contributed by atoms with Crippen LogP contribution in [0.15, 0.2) is 66.0 Å². The predicted molar refractivity (Wildman–Crippen MR) is 110 cm³/mol. The van der Waals surface area contributed by atoms with Crippen molar-refractivity contribution in [3.63, 3.8) is 0 Å². The van der Waals surface area contributed by atoms with Crippen LogP contribution in [0.4, 0.5) is 5.82 Å². The van der Waals surface area contributed by atoms with Crippen LogP contribution in [-0.2, 0) is 24.5 Å². The lowest BCUT2D eigenvalue weighted by Gasteiger charge is -2.21. The van der Waals surface area contributed by atoms with Crippen molar-refractivity contribution in [1.29, 1.82) is 0 Å². The van der Waals surface area contributed by atoms with Crippen molar-refractivity contribution in [2.45, 2.75) is 36.6 Å². The second-order valence-corrected chi connectivity index (χ2v) is 8.78. The van der Waals surface area contributed by atoms with Gasteiger partial charge in [-0.1, -0.05) is 42.5 Å². The summed E-state index contributed by atoms with van der Waals surface area (Å²) in [4.78, 5) is 14.4. The number of fused-ring (bicyclic) bond motifs is 1. The van der Waals surface area contributed by atoms with Gasteiger partial charge in [-0.05, 0) is 51.9 Å². The van der Waals surface area contributed by atoms with Gasteiger partial charge >= 0.3 is 5.82 Å². The Labute approximate surface area is 172 Å². The molecule has 1 aromatic heterocycles. The average Bonchev–Trinajstić information content (AvgIpc) is 3.23. The molecule has 1 unspecified atom stereocenters. The van der Waals surface area contributed by atoms with Gasteiger partial charge in [-0.15, -0.1) is 0 Å². The van der Waals surface area contributed by atoms with Crippen molar-refractivity contribution < 1.29 is 14.4 Å². The zero-order chi connectivity index (χ0) is 20.3. The molecule has 0 radical (unpaired) electrons. The van der Waals surface area contributed by atoms with Crippen molar-refractivity contribution in [1.82, 2.24) is 9.55 Å². The summed E-state index contributed by atoms with van der Waals surface area (Å²) >= 11 is 1.52. The Kier molecular flexibility index (Phi) is 5.55. The molecule has 1 aliphatic rings. The summed E-state index contributed by atoms with van der Waals surface area (Å²) in [5.41, 5.74) is 2.20. The molecule has 2 aromatic carbocycles. The van der Waals surface area contributed by atoms with Crippen LogP contribution in [0, 0.1) is 10.1 Å². The Morgan fingerprint density at radius 1 is 1.14 bits per heavy atom. The SMILES string of the molecule is CC1(COCc2ccc(OCc3ccccc3)cc2)Cn2cc([N+](=O)[O-])nc2S1. The van der Waals surface area contributed by atoms with Crippen LogP contribution in [0.1, 0.15) is 18.1 Å². The first-order valence-corrected chi connectivity index (χ1v) is 10.1. The monoisotopic (exact) mass is 411 g/mol. The number of ether oxygens (including phenoxy) is 2. The van der Waals surface area contributed by atoms with Gasteiger partial charge in [0.05, 0.1) is 18.0 Å². The van der Waals surface area contributed by atoms with Crippen molar-refractivity contribution in [3.8, 4) is 5.75 Å². The molecule has 1 atom stereocenters. The standard InChI is InChI=1S/C21H21N3O4S/c1-21(14-23-11-19(24(25)26)22-20(23)29-21)15-27-12-17-7-9-18(10-8-17)28-13-16-5-3-2-4-6-16/h2-11H,12-15H2,1H3. The van der Waals surface area contributed by atoms with E-state index in [1.165, 1.54) is 18.0 Å². The molecule has 3 aromatic rings. The number of thioether (sulfide) groups is 1. The molecule has 1 aliphatic heterocycles. The summed E-state index contributed by atoms with van der Waals surface area (Å²) in [6.07, 6.45) is 1.49. The summed E-state index contributed by atoms with van der Waals surface area (Å²) < 4.78 is 13.4. The summed E-state index contributed by atoms with van der Waals surface area (Å²) in [6.45, 7) is 4.29. The Morgan fingerprint density at radius 2 is 1.86 bits per heavy atom. The minimum Gasteiger partial charge on any atom is -0.489 e. The predicted octanol–water partition coefficient (Wildman–Crippen LogP) is 4.45. The van der Waals surface area contributed by atoms with E-state index in [4.69, 9.17) is 9.47 Å². The fourth-order valence-corrected chi connectivity index (χ4v) is 4.32. The second-order valence-electron chi connectivity index (χ2n) is 7.23. The fraction of sp³-hybridized carbons (Fsp3) is 0.286. The van der Waals surface area contributed by atoms with Gasteiger partial charge in [-0.3, -0.25) is 4.57 Å². The largest absolute Gasteiger partial charge is 0.489 e. The van der Waals surface area contributed by atoms with Crippen molar-refractivity contribution in [2.75, 3.05) is 6.61 Å². The minimum absolute atomic E-state index is 0.106. The molecule has 0 saturated heterocycles. The van der Waals surface area contributed by atoms with Crippen LogP contribution >= 0.6 is 11.8 Å². The van der Waals surface area contributed by atoms with Crippen LogP contribution in [-0.4, -0.2) is 25.8 Å². The fourth-order valence-electron chi connectivity index (χ4n) is 3.16. The number of aromatic nitrogens is 2. The van der Waals surface area contributed by atoms with E-state index in [0.29, 0.717) is 31.5 Å². The Morgan fingerprint density at radius 3 is 2.55 bits per heavy atom. The number of nitrogens with zero attached hydrogens (tertiary/aromatic N) is 3. The van der Waals surface area contributed by atoms with Gasteiger partial charge in [0.1, 0.15) is 18.6 Å². The van der Waals surface area contributed by atoms with E-state index in [1.807, 2.05) is 59.2 Å². The lowest BCUT2D eigenvalue weighted by Crippen LogP contribution is -2.27. The number of hydrogen-bond acceptors (Lipinski definition) is 6. The van der Waals surface area contributed by atoms with Crippen molar-refractivity contribution in [2.24, 2.45) is 0 Å². The normalized spacial score (nSPS) is 17.8. The van der Waals surface area contributed by atoms with Gasteiger partial charge in [-0.25, -0.2) is 0 Å². The maximum Gasteiger partial charge on any atom is 0.382 e. The lowest BCUT2D eigenvalue weighted by molar-refractivity contribution is -0.389. The van der Waals surface area contributed by atoms with E-state index in [-0.39, 0.29) is 10.6 Å². The van der Waals surface area contributed by atoms with Gasteiger partial charge in [0.15, 0.2) is 0 Å². The molecule has 0 saturated carbocycles. The van der Waals surface area contributed by atoms with Crippen molar-refractivity contribution >= 4 is 17.6 Å². The van der Waals surface area contributed by atoms with Crippen LogP contribution in [0.25, 0.3) is 0 Å². The Balaban J connectivity index is 1.24. The molecule has 4 rings (SSSR count). The number of hydrogen-bond donors (Lipinski definition) is 0. The molecular formula is C21H21N3O4S. The van der Waals surface area contributed by atoms with E-state index < -0.39 is 4.92 Å². The smallest absolute Gasteiger partial charge is 0.382 e. The molecule has 0 aliphatic carbocycles. The highest BCUT2D eigenvalue weighted by molar-refractivity contribution is 8.00. The average molecular weight is 411 g/mol. The minimum atomic E-state index is -0.465. The number of imidazole rings is 1. The summed E-state index contributed by atoms with van der Waals surface area (Å²) in [7, 11) is 0. The molecule has 0 fully saturated rings. The third-order valence-corrected chi connectivity index (χ3v) is 5.85. The van der Waals surface area contributed by atoms with Gasteiger partial charge in [0.2, 0.25) is 0 Å². The highest BCUT2D eigenvalue weighted by Crippen LogP contribution is 2.41. The number of nitro groups is 1. The maximum atomic E-state index is 10.8. The van der Waals surface area contributed by atoms with E-state index in [9.17, 15) is 10.1 Å². The van der Waals surface area contributed by atoms with Gasteiger partial charge in [-0.2, -0.15) is 0 Å². The molecular weight excluding hydrogens is 390 g/mol. The van der Waals surface area contributed by atoms with Gasteiger partial charge in [0, 0.05) is 6.54 Å². The summed E-state index contributed by atoms with van der Waals surface area (Å²) in [5, 5.41) is 11.5. The topological polar surface area (TPSA) is 79.4 Å². The first kappa shape index (κ1) is 19.5. The molecule has 0 spiro atoms. The zero-order valence-corrected chi connectivity index (χ0v) is 16.8. The zero-order valence-electron chi connectivity index (χ0n) is 16.0. The molecule has 150 valence electrons. The Hall–Kier alpha value is -2.84. The first-order valence-electron chi connectivity index (χ1n) is 9.25. The first-order chi connectivity index (χ1) is 14.0. The quantitative estimate of drug-likeness (QED) is 0.402. The molecule has 0 bridgehead atoms. The van der Waals surface area contributed by atoms with Gasteiger partial charge in [0.25, 0.3) is 5.16 Å². The van der Waals surface area contributed by atoms with E-state index in [1.54, 1.807) is 0 Å². The Bertz CT molecular complexity index is 965. The molecule has 8 heteroatoms. The molecule has 0 amide bonds. The molecule has 2 heterocycles. The summed E-state index contributed by atoms with van der Waals surface area (Å²) in [6, 6.07) is 17.9. The highest BCUT2D eigenvalue weighted by Gasteiger charge is 2.39. The third-order valence-electron chi connectivity index (χ3n) is 4.60. The molecule has 0 N–H and O–H groups in total. The van der Waals surface area contributed by atoms with E-state index in [0.717, 1.165) is 16.9 Å². The lowest BCUT2D eigenvalue weighted by atomic mass is 10.2. The van der Waals surface area contributed by atoms with Crippen molar-refractivity contribution in [3.05, 3.63) is 82.0 Å². The third kappa shape index (κ3) is 4.78. The van der Waals surface area contributed by atoms with E-state index >= 15 is 0 Å². The number of rotatable bonds is 8. The van der Waals surface area contributed by atoms with Crippen LogP contribution < -0.4 is 4.74 Å². The van der Waals surface area contributed by atoms with Gasteiger partial charge < -0.3 is 19.6 Å². The molecule has 7 nitrogen and oxygen atoms in total. The number of benzene rings is 2. The second kappa shape index (κ2) is 8.26. The van der Waals surface area contributed by atoms with Crippen LogP contribution in [0.2, 0.25) is 0 Å². The van der Waals surface area contributed by atoms with E-state index in [2.05, 4.69) is 11.9 Å². The van der Waals surface area contributed by atoms with Crippen LogP contribution in [0.5, 0.6) is 5.75 Å². The van der Waals surface area contributed by atoms with Crippen LogP contribution in [0.3, 0.4) is 0 Å². The summed E-state index contributed by atoms with van der Waals surface area (Å²) in [5.74, 6) is 0.716. The maximum absolute atomic E-state index is 10.8. The highest BCUT2D eigenvalue weighted by atomic mass is 32.2.